The summed E-state index contributed by atoms with van der Waals surface area (Å²) in [6.45, 7) is -0.104. The molecule has 2 heterocycles. The predicted molar refractivity (Wildman–Crippen MR) is 112 cm³/mol. The summed E-state index contributed by atoms with van der Waals surface area (Å²) in [4.78, 5) is 30.0. The van der Waals surface area contributed by atoms with E-state index in [2.05, 4.69) is 10.3 Å². The van der Waals surface area contributed by atoms with E-state index in [1.807, 2.05) is 23.6 Å². The van der Waals surface area contributed by atoms with Crippen LogP contribution in [-0.4, -0.2) is 37.1 Å². The SMILES string of the molecule is CN1C(=O)COc2ccc(-c3csc(NC(=O)COc4ccc(Cl)cc4)n3)cc21. The normalized spacial score (nSPS) is 12.9. The van der Waals surface area contributed by atoms with E-state index in [-0.39, 0.29) is 25.0 Å². The molecule has 1 aromatic heterocycles. The van der Waals surface area contributed by atoms with Crippen LogP contribution in [-0.2, 0) is 9.59 Å². The van der Waals surface area contributed by atoms with Crippen LogP contribution in [0.25, 0.3) is 11.3 Å². The minimum Gasteiger partial charge on any atom is -0.484 e. The van der Waals surface area contributed by atoms with Crippen LogP contribution in [0.15, 0.2) is 47.8 Å². The van der Waals surface area contributed by atoms with Crippen molar-refractivity contribution >= 4 is 45.6 Å². The number of halogens is 1. The number of amides is 2. The van der Waals surface area contributed by atoms with Crippen molar-refractivity contribution in [2.75, 3.05) is 30.5 Å². The lowest BCUT2D eigenvalue weighted by molar-refractivity contribution is -0.121. The number of nitrogens with one attached hydrogen (secondary N) is 1. The highest BCUT2D eigenvalue weighted by Crippen LogP contribution is 2.36. The fourth-order valence-electron chi connectivity index (χ4n) is 2.73. The third-order valence-corrected chi connectivity index (χ3v) is 5.29. The zero-order chi connectivity index (χ0) is 20.4. The molecular weight excluding hydrogens is 414 g/mol. The van der Waals surface area contributed by atoms with Crippen molar-refractivity contribution in [3.05, 3.63) is 52.9 Å². The number of carbonyl (C=O) groups excluding carboxylic acids is 2. The fourth-order valence-corrected chi connectivity index (χ4v) is 3.59. The first-order chi connectivity index (χ1) is 14.0. The van der Waals surface area contributed by atoms with Gasteiger partial charge >= 0.3 is 0 Å². The van der Waals surface area contributed by atoms with Gasteiger partial charge in [0.1, 0.15) is 11.5 Å². The number of ether oxygens (including phenoxy) is 2. The molecule has 0 fully saturated rings. The average Bonchev–Trinajstić information content (AvgIpc) is 3.18. The Morgan fingerprint density at radius 1 is 1.31 bits per heavy atom. The molecule has 0 radical (unpaired) electrons. The number of anilines is 2. The van der Waals surface area contributed by atoms with E-state index in [0.29, 0.717) is 33.0 Å². The minimum atomic E-state index is -0.315. The maximum Gasteiger partial charge on any atom is 0.264 e. The molecule has 0 spiro atoms. The lowest BCUT2D eigenvalue weighted by atomic mass is 10.1. The Morgan fingerprint density at radius 2 is 2.10 bits per heavy atom. The van der Waals surface area contributed by atoms with Gasteiger partial charge in [0, 0.05) is 23.0 Å². The Morgan fingerprint density at radius 3 is 2.90 bits per heavy atom. The minimum absolute atomic E-state index is 0.0355. The highest BCUT2D eigenvalue weighted by atomic mass is 35.5. The van der Waals surface area contributed by atoms with E-state index in [1.165, 1.54) is 11.3 Å². The number of carbonyl (C=O) groups is 2. The van der Waals surface area contributed by atoms with Gasteiger partial charge in [0.05, 0.1) is 11.4 Å². The van der Waals surface area contributed by atoms with Gasteiger partial charge in [-0.1, -0.05) is 11.6 Å². The Balaban J connectivity index is 1.41. The van der Waals surface area contributed by atoms with E-state index in [1.54, 1.807) is 36.2 Å². The van der Waals surface area contributed by atoms with Gasteiger partial charge in [-0.05, 0) is 42.5 Å². The summed E-state index contributed by atoms with van der Waals surface area (Å²) in [5, 5.41) is 5.62. The number of hydrogen-bond donors (Lipinski definition) is 1. The molecule has 7 nitrogen and oxygen atoms in total. The molecule has 2 aromatic carbocycles. The Bertz CT molecular complexity index is 1070. The van der Waals surface area contributed by atoms with Gasteiger partial charge in [0.15, 0.2) is 18.3 Å². The summed E-state index contributed by atoms with van der Waals surface area (Å²) in [5.41, 5.74) is 2.20. The van der Waals surface area contributed by atoms with Crippen LogP contribution in [0.2, 0.25) is 5.02 Å². The van der Waals surface area contributed by atoms with E-state index < -0.39 is 0 Å². The van der Waals surface area contributed by atoms with Gasteiger partial charge in [0.2, 0.25) is 0 Å². The third kappa shape index (κ3) is 4.33. The van der Waals surface area contributed by atoms with Crippen molar-refractivity contribution in [3.63, 3.8) is 0 Å². The van der Waals surface area contributed by atoms with Crippen molar-refractivity contribution in [2.45, 2.75) is 0 Å². The molecule has 0 aliphatic carbocycles. The number of hydrogen-bond acceptors (Lipinski definition) is 6. The molecule has 0 atom stereocenters. The lowest BCUT2D eigenvalue weighted by Crippen LogP contribution is -2.35. The summed E-state index contributed by atoms with van der Waals surface area (Å²) in [7, 11) is 1.71. The number of benzene rings is 2. The maximum absolute atomic E-state index is 12.1. The van der Waals surface area contributed by atoms with Crippen LogP contribution in [0.1, 0.15) is 0 Å². The molecule has 0 saturated heterocycles. The van der Waals surface area contributed by atoms with Crippen molar-refractivity contribution in [2.24, 2.45) is 0 Å². The molecule has 0 unspecified atom stereocenters. The van der Waals surface area contributed by atoms with Crippen LogP contribution in [0, 0.1) is 0 Å². The summed E-state index contributed by atoms with van der Waals surface area (Å²) in [5.74, 6) is 0.782. The molecule has 1 aliphatic rings. The lowest BCUT2D eigenvalue weighted by Gasteiger charge is -2.26. The number of thiazole rings is 1. The van der Waals surface area contributed by atoms with E-state index in [0.717, 1.165) is 5.56 Å². The number of fused-ring (bicyclic) bond motifs is 1. The third-order valence-electron chi connectivity index (χ3n) is 4.28. The average molecular weight is 430 g/mol. The second kappa shape index (κ2) is 8.10. The number of likely N-dealkylation sites (N-methyl/N-ethyl adjacent to an activating group) is 1. The van der Waals surface area contributed by atoms with Gasteiger partial charge in [-0.2, -0.15) is 0 Å². The van der Waals surface area contributed by atoms with Crippen molar-refractivity contribution < 1.29 is 19.1 Å². The van der Waals surface area contributed by atoms with Gasteiger partial charge in [-0.3, -0.25) is 14.9 Å². The zero-order valence-electron chi connectivity index (χ0n) is 15.3. The first-order valence-electron chi connectivity index (χ1n) is 8.67. The zero-order valence-corrected chi connectivity index (χ0v) is 16.9. The quantitative estimate of drug-likeness (QED) is 0.666. The largest absolute Gasteiger partial charge is 0.484 e. The summed E-state index contributed by atoms with van der Waals surface area (Å²) < 4.78 is 10.9. The standard InChI is InChI=1S/C20H16ClN3O4S/c1-24-16-8-12(2-7-17(16)28-10-19(24)26)15-11-29-20(22-15)23-18(25)9-27-14-5-3-13(21)4-6-14/h2-8,11H,9-10H2,1H3,(H,22,23,25). The van der Waals surface area contributed by atoms with Gasteiger partial charge in [-0.15, -0.1) is 11.3 Å². The summed E-state index contributed by atoms with van der Waals surface area (Å²) in [6.07, 6.45) is 0. The molecule has 3 aromatic rings. The van der Waals surface area contributed by atoms with Crippen LogP contribution in [0.5, 0.6) is 11.5 Å². The summed E-state index contributed by atoms with van der Waals surface area (Å²) in [6, 6.07) is 12.3. The monoisotopic (exact) mass is 429 g/mol. The van der Waals surface area contributed by atoms with Crippen molar-refractivity contribution in [3.8, 4) is 22.8 Å². The van der Waals surface area contributed by atoms with Gasteiger partial charge in [-0.25, -0.2) is 4.98 Å². The molecule has 1 N–H and O–H groups in total. The number of aromatic nitrogens is 1. The van der Waals surface area contributed by atoms with E-state index in [9.17, 15) is 9.59 Å². The molecule has 0 saturated carbocycles. The first-order valence-corrected chi connectivity index (χ1v) is 9.93. The summed E-state index contributed by atoms with van der Waals surface area (Å²) >= 11 is 7.13. The van der Waals surface area contributed by atoms with Gasteiger partial charge < -0.3 is 14.4 Å². The maximum atomic E-state index is 12.1. The fraction of sp³-hybridized carbons (Fsp3) is 0.150. The number of nitrogens with zero attached hydrogens (tertiary/aromatic N) is 2. The van der Waals surface area contributed by atoms with Crippen LogP contribution in [0.4, 0.5) is 10.8 Å². The van der Waals surface area contributed by atoms with E-state index in [4.69, 9.17) is 21.1 Å². The molecule has 29 heavy (non-hydrogen) atoms. The van der Waals surface area contributed by atoms with Crippen molar-refractivity contribution in [1.29, 1.82) is 0 Å². The smallest absolute Gasteiger partial charge is 0.264 e. The first kappa shape index (κ1) is 19.2. The molecule has 4 rings (SSSR count). The van der Waals surface area contributed by atoms with Crippen LogP contribution >= 0.6 is 22.9 Å². The Kier molecular flexibility index (Phi) is 5.37. The molecule has 148 valence electrons. The Labute approximate surface area is 175 Å². The topological polar surface area (TPSA) is 80.8 Å². The highest BCUT2D eigenvalue weighted by molar-refractivity contribution is 7.14. The predicted octanol–water partition coefficient (Wildman–Crippen LogP) is 3.84. The highest BCUT2D eigenvalue weighted by Gasteiger charge is 2.23. The molecule has 2 amide bonds. The van der Waals surface area contributed by atoms with Crippen LogP contribution in [0.3, 0.4) is 0 Å². The van der Waals surface area contributed by atoms with E-state index >= 15 is 0 Å². The molecule has 0 bridgehead atoms. The molecule has 9 heteroatoms. The number of rotatable bonds is 5. The van der Waals surface area contributed by atoms with Crippen molar-refractivity contribution in [1.82, 2.24) is 4.98 Å². The van der Waals surface area contributed by atoms with Crippen LogP contribution < -0.4 is 19.7 Å². The van der Waals surface area contributed by atoms with Gasteiger partial charge in [0.25, 0.3) is 11.8 Å². The molecular formula is C20H16ClN3O4S. The second-order valence-electron chi connectivity index (χ2n) is 6.25. The second-order valence-corrected chi connectivity index (χ2v) is 7.55. The molecule has 1 aliphatic heterocycles. The Hall–Kier alpha value is -3.10.